The van der Waals surface area contributed by atoms with Crippen LogP contribution < -0.4 is 18.9 Å². The molecule has 8 heteroatoms. The fourth-order valence-electron chi connectivity index (χ4n) is 2.48. The van der Waals surface area contributed by atoms with Gasteiger partial charge >= 0.3 is 5.97 Å². The highest BCUT2D eigenvalue weighted by molar-refractivity contribution is 6.01. The molecule has 0 unspecified atom stereocenters. The van der Waals surface area contributed by atoms with Crippen LogP contribution in [0.3, 0.4) is 0 Å². The normalized spacial score (nSPS) is 10.2. The Morgan fingerprint density at radius 3 is 2.37 bits per heavy atom. The number of rotatable bonds is 10. The molecule has 0 saturated carbocycles. The number of carbonyl (C=O) groups is 2. The first-order valence-corrected chi connectivity index (χ1v) is 8.80. The zero-order valence-corrected chi connectivity index (χ0v) is 16.8. The van der Waals surface area contributed by atoms with Crippen molar-refractivity contribution in [3.05, 3.63) is 53.6 Å². The quantitative estimate of drug-likeness (QED) is 0.334. The Hall–Kier alpha value is -3.99. The average Bonchev–Trinajstić information content (AvgIpc) is 2.79. The lowest BCUT2D eigenvalue weighted by Gasteiger charge is -2.09. The smallest absolute Gasteiger partial charge is 0.331 e. The first-order chi connectivity index (χ1) is 14.5. The van der Waals surface area contributed by atoms with Crippen LogP contribution in [0.5, 0.6) is 23.0 Å². The van der Waals surface area contributed by atoms with Crippen LogP contribution >= 0.6 is 0 Å². The van der Waals surface area contributed by atoms with Gasteiger partial charge in [0.25, 0.3) is 0 Å². The molecule has 0 fully saturated rings. The van der Waals surface area contributed by atoms with Crippen LogP contribution in [0.1, 0.15) is 15.9 Å². The van der Waals surface area contributed by atoms with Crippen LogP contribution in [-0.2, 0) is 9.53 Å². The van der Waals surface area contributed by atoms with Crippen molar-refractivity contribution in [2.75, 3.05) is 34.5 Å². The summed E-state index contributed by atoms with van der Waals surface area (Å²) in [6.45, 7) is -0.555. The first kappa shape index (κ1) is 22.3. The number of methoxy groups -OCH3 is 3. The molecule has 0 aliphatic heterocycles. The van der Waals surface area contributed by atoms with Crippen molar-refractivity contribution in [1.29, 1.82) is 5.26 Å². The standard InChI is InChI=1S/C22H21NO7/c1-26-16-6-8-19(27-2)17(13-16)18(24)14-30-22(25)9-5-15-4-7-20(29-11-10-23)21(12-15)28-3/h4-9,12-13H,11,14H2,1-3H3/b9-5+. The van der Waals surface area contributed by atoms with Crippen molar-refractivity contribution in [3.8, 4) is 29.1 Å². The summed E-state index contributed by atoms with van der Waals surface area (Å²) in [6.07, 6.45) is 2.70. The molecule has 0 saturated heterocycles. The number of carbonyl (C=O) groups excluding carboxylic acids is 2. The summed E-state index contributed by atoms with van der Waals surface area (Å²) in [7, 11) is 4.39. The fourth-order valence-corrected chi connectivity index (χ4v) is 2.48. The lowest BCUT2D eigenvalue weighted by atomic mass is 10.1. The predicted molar refractivity (Wildman–Crippen MR) is 108 cm³/mol. The van der Waals surface area contributed by atoms with Crippen LogP contribution in [0, 0.1) is 11.3 Å². The Kier molecular flexibility index (Phi) is 8.27. The Morgan fingerprint density at radius 1 is 0.967 bits per heavy atom. The predicted octanol–water partition coefficient (Wildman–Crippen LogP) is 3.05. The molecule has 2 aromatic carbocycles. The van der Waals surface area contributed by atoms with Crippen molar-refractivity contribution < 1.29 is 33.3 Å². The molecule has 0 bridgehead atoms. The lowest BCUT2D eigenvalue weighted by Crippen LogP contribution is -2.13. The molecule has 0 radical (unpaired) electrons. The van der Waals surface area contributed by atoms with Crippen LogP contribution in [-0.4, -0.2) is 46.3 Å². The van der Waals surface area contributed by atoms with E-state index in [1.807, 2.05) is 6.07 Å². The third-order valence-electron chi connectivity index (χ3n) is 3.94. The molecule has 8 nitrogen and oxygen atoms in total. The molecule has 30 heavy (non-hydrogen) atoms. The Labute approximate surface area is 174 Å². The molecule has 0 aromatic heterocycles. The van der Waals surface area contributed by atoms with Crippen molar-refractivity contribution in [1.82, 2.24) is 0 Å². The van der Waals surface area contributed by atoms with Gasteiger partial charge < -0.3 is 23.7 Å². The number of esters is 1. The highest BCUT2D eigenvalue weighted by Gasteiger charge is 2.15. The number of hydrogen-bond acceptors (Lipinski definition) is 8. The highest BCUT2D eigenvalue weighted by atomic mass is 16.5. The van der Waals surface area contributed by atoms with E-state index in [0.29, 0.717) is 28.6 Å². The zero-order chi connectivity index (χ0) is 21.9. The summed E-state index contributed by atoms with van der Waals surface area (Å²) in [4.78, 5) is 24.4. The summed E-state index contributed by atoms with van der Waals surface area (Å²) in [5.41, 5.74) is 0.903. The number of nitriles is 1. The highest BCUT2D eigenvalue weighted by Crippen LogP contribution is 2.28. The van der Waals surface area contributed by atoms with Gasteiger partial charge in [-0.3, -0.25) is 4.79 Å². The summed E-state index contributed by atoms with van der Waals surface area (Å²) in [5.74, 6) is 0.569. The SMILES string of the molecule is COc1ccc(OC)c(C(=O)COC(=O)/C=C/c2ccc(OCC#N)c(OC)c2)c1. The van der Waals surface area contributed by atoms with Gasteiger partial charge in [0, 0.05) is 6.08 Å². The molecule has 0 atom stereocenters. The second-order valence-corrected chi connectivity index (χ2v) is 5.79. The maximum Gasteiger partial charge on any atom is 0.331 e. The third-order valence-corrected chi connectivity index (χ3v) is 3.94. The molecule has 0 heterocycles. The van der Waals surface area contributed by atoms with E-state index in [2.05, 4.69) is 0 Å². The minimum atomic E-state index is -0.686. The van der Waals surface area contributed by atoms with Gasteiger partial charge in [-0.15, -0.1) is 0 Å². The second kappa shape index (κ2) is 11.1. The number of ketones is 1. The van der Waals surface area contributed by atoms with E-state index in [0.717, 1.165) is 0 Å². The summed E-state index contributed by atoms with van der Waals surface area (Å²) in [6, 6.07) is 11.6. The van der Waals surface area contributed by atoms with Crippen molar-refractivity contribution in [3.63, 3.8) is 0 Å². The summed E-state index contributed by atoms with van der Waals surface area (Å²) < 4.78 is 25.7. The van der Waals surface area contributed by atoms with E-state index >= 15 is 0 Å². The van der Waals surface area contributed by atoms with Gasteiger partial charge in [0.2, 0.25) is 5.78 Å². The van der Waals surface area contributed by atoms with Gasteiger partial charge in [-0.1, -0.05) is 6.07 Å². The maximum atomic E-state index is 12.4. The van der Waals surface area contributed by atoms with E-state index in [-0.39, 0.29) is 12.2 Å². The van der Waals surface area contributed by atoms with E-state index < -0.39 is 18.4 Å². The number of ether oxygens (including phenoxy) is 5. The van der Waals surface area contributed by atoms with E-state index in [9.17, 15) is 9.59 Å². The number of Topliss-reactive ketones (excluding diaryl/α,β-unsaturated/α-hetero) is 1. The summed E-state index contributed by atoms with van der Waals surface area (Å²) >= 11 is 0. The number of hydrogen-bond donors (Lipinski definition) is 0. The molecule has 2 aromatic rings. The molecule has 0 spiro atoms. The van der Waals surface area contributed by atoms with Gasteiger partial charge in [0.05, 0.1) is 26.9 Å². The second-order valence-electron chi connectivity index (χ2n) is 5.79. The van der Waals surface area contributed by atoms with Crippen molar-refractivity contribution in [2.45, 2.75) is 0 Å². The topological polar surface area (TPSA) is 104 Å². The van der Waals surface area contributed by atoms with Gasteiger partial charge in [0.15, 0.2) is 24.7 Å². The van der Waals surface area contributed by atoms with Crippen LogP contribution in [0.2, 0.25) is 0 Å². The fraction of sp³-hybridized carbons (Fsp3) is 0.227. The molecule has 156 valence electrons. The average molecular weight is 411 g/mol. The van der Waals surface area contributed by atoms with Gasteiger partial charge in [-0.25, -0.2) is 4.79 Å². The maximum absolute atomic E-state index is 12.4. The summed E-state index contributed by atoms with van der Waals surface area (Å²) in [5, 5.41) is 8.59. The molecule has 0 aliphatic carbocycles. The Bertz CT molecular complexity index is 976. The molecule has 0 N–H and O–H groups in total. The van der Waals surface area contributed by atoms with Crippen LogP contribution in [0.15, 0.2) is 42.5 Å². The van der Waals surface area contributed by atoms with Crippen LogP contribution in [0.25, 0.3) is 6.08 Å². The van der Waals surface area contributed by atoms with Gasteiger partial charge in [0.1, 0.15) is 17.6 Å². The number of nitrogens with zero attached hydrogens (tertiary/aromatic N) is 1. The minimum Gasteiger partial charge on any atom is -0.497 e. The molecular formula is C22H21NO7. The third kappa shape index (κ3) is 6.01. The van der Waals surface area contributed by atoms with Crippen molar-refractivity contribution >= 4 is 17.8 Å². The van der Waals surface area contributed by atoms with Gasteiger partial charge in [-0.05, 0) is 42.0 Å². The largest absolute Gasteiger partial charge is 0.497 e. The van der Waals surface area contributed by atoms with Crippen molar-refractivity contribution in [2.24, 2.45) is 0 Å². The zero-order valence-electron chi connectivity index (χ0n) is 16.8. The van der Waals surface area contributed by atoms with E-state index in [4.69, 9.17) is 28.9 Å². The molecule has 0 aliphatic rings. The Balaban J connectivity index is 2.00. The first-order valence-electron chi connectivity index (χ1n) is 8.80. The van der Waals surface area contributed by atoms with Crippen LogP contribution in [0.4, 0.5) is 0 Å². The van der Waals surface area contributed by atoms with E-state index in [1.54, 1.807) is 30.3 Å². The monoisotopic (exact) mass is 411 g/mol. The lowest BCUT2D eigenvalue weighted by molar-refractivity contribution is -0.136. The molecule has 2 rings (SSSR count). The number of benzene rings is 2. The molecule has 0 amide bonds. The Morgan fingerprint density at radius 2 is 1.70 bits per heavy atom. The molecular weight excluding hydrogens is 390 g/mol. The van der Waals surface area contributed by atoms with E-state index in [1.165, 1.54) is 39.5 Å². The minimum absolute atomic E-state index is 0.107. The van der Waals surface area contributed by atoms with Gasteiger partial charge in [-0.2, -0.15) is 5.26 Å².